The molecule has 1 aromatic heterocycles. The van der Waals surface area contributed by atoms with Gasteiger partial charge < -0.3 is 24.6 Å². The Morgan fingerprint density at radius 2 is 1.90 bits per heavy atom. The average Bonchev–Trinajstić information content (AvgIpc) is 2.87. The molecule has 0 aliphatic heterocycles. The Hall–Kier alpha value is -3.03. The molecule has 2 aromatic rings. The third kappa shape index (κ3) is 2.26. The minimum atomic E-state index is -1.32. The summed E-state index contributed by atoms with van der Waals surface area (Å²) in [6.07, 6.45) is 0. The number of ether oxygens (including phenoxy) is 1. The van der Waals surface area contributed by atoms with Gasteiger partial charge in [-0.25, -0.2) is 9.59 Å². The Balaban J connectivity index is 2.55. The molecule has 0 fully saturated rings. The van der Waals surface area contributed by atoms with E-state index < -0.39 is 23.4 Å². The van der Waals surface area contributed by atoms with Gasteiger partial charge >= 0.3 is 11.9 Å². The van der Waals surface area contributed by atoms with Gasteiger partial charge in [0.05, 0.1) is 7.11 Å². The molecule has 104 valence electrons. The van der Waals surface area contributed by atoms with E-state index in [2.05, 4.69) is 14.4 Å². The first-order valence-electron chi connectivity index (χ1n) is 5.28. The maximum absolute atomic E-state index is 11.4. The van der Waals surface area contributed by atoms with E-state index in [4.69, 9.17) is 5.11 Å². The van der Waals surface area contributed by atoms with Crippen LogP contribution < -0.4 is 0 Å². The van der Waals surface area contributed by atoms with Gasteiger partial charge in [0.15, 0.2) is 0 Å². The van der Waals surface area contributed by atoms with Crippen LogP contribution in [0.25, 0.3) is 11.3 Å². The zero-order chi connectivity index (χ0) is 14.9. The van der Waals surface area contributed by atoms with Crippen LogP contribution >= 0.6 is 0 Å². The van der Waals surface area contributed by atoms with Gasteiger partial charge in [-0.15, -0.1) is 0 Å². The van der Waals surface area contributed by atoms with Crippen LogP contribution in [0.5, 0.6) is 11.5 Å². The van der Waals surface area contributed by atoms with Crippen molar-refractivity contribution < 1.29 is 34.2 Å². The molecule has 0 radical (unpaired) electrons. The van der Waals surface area contributed by atoms with Gasteiger partial charge in [-0.1, -0.05) is 5.16 Å². The van der Waals surface area contributed by atoms with E-state index in [1.165, 1.54) is 0 Å². The monoisotopic (exact) mass is 279 g/mol. The van der Waals surface area contributed by atoms with E-state index in [-0.39, 0.29) is 22.6 Å². The number of hydrogen-bond acceptors (Lipinski definition) is 7. The highest BCUT2D eigenvalue weighted by molar-refractivity contribution is 5.95. The van der Waals surface area contributed by atoms with Crippen LogP contribution in [0.15, 0.2) is 22.7 Å². The first-order chi connectivity index (χ1) is 9.43. The molecule has 2 rings (SSSR count). The van der Waals surface area contributed by atoms with Gasteiger partial charge in [0.2, 0.25) is 5.76 Å². The summed E-state index contributed by atoms with van der Waals surface area (Å²) in [7, 11) is 1.13. The molecule has 0 bridgehead atoms. The van der Waals surface area contributed by atoms with E-state index in [0.29, 0.717) is 0 Å². The lowest BCUT2D eigenvalue weighted by molar-refractivity contribution is 0.0596. The zero-order valence-electron chi connectivity index (χ0n) is 10.2. The lowest BCUT2D eigenvalue weighted by atomic mass is 10.1. The number of carboxylic acid groups (broad SMARTS) is 1. The zero-order valence-corrected chi connectivity index (χ0v) is 10.2. The van der Waals surface area contributed by atoms with Crippen molar-refractivity contribution in [2.75, 3.05) is 7.11 Å². The maximum Gasteiger partial charge on any atom is 0.374 e. The first kappa shape index (κ1) is 13.4. The minimum absolute atomic E-state index is 0.00468. The first-order valence-corrected chi connectivity index (χ1v) is 5.28. The standard InChI is InChI=1S/C12H9NO7/c1-19-12(18)6-2-5(8(14)4-9(6)15)7-3-10(11(16)17)20-13-7/h2-4,14-15H,1H3,(H,16,17). The number of benzene rings is 1. The summed E-state index contributed by atoms with van der Waals surface area (Å²) in [5.74, 6) is -3.42. The number of carbonyl (C=O) groups excluding carboxylic acids is 1. The molecule has 0 atom stereocenters. The van der Waals surface area contributed by atoms with E-state index in [9.17, 15) is 19.8 Å². The molecule has 0 saturated carbocycles. The highest BCUT2D eigenvalue weighted by Gasteiger charge is 2.20. The van der Waals surface area contributed by atoms with Crippen molar-refractivity contribution in [1.29, 1.82) is 0 Å². The molecule has 0 aliphatic rings. The lowest BCUT2D eigenvalue weighted by Gasteiger charge is -2.06. The van der Waals surface area contributed by atoms with Crippen molar-refractivity contribution in [2.45, 2.75) is 0 Å². The number of rotatable bonds is 3. The molecule has 20 heavy (non-hydrogen) atoms. The van der Waals surface area contributed by atoms with Crippen LogP contribution in [-0.4, -0.2) is 39.5 Å². The fourth-order valence-electron chi connectivity index (χ4n) is 1.56. The van der Waals surface area contributed by atoms with Crippen molar-refractivity contribution in [3.8, 4) is 22.8 Å². The molecule has 1 heterocycles. The molecule has 0 spiro atoms. The summed E-state index contributed by atoms with van der Waals surface area (Å²) in [6, 6.07) is 3.13. The summed E-state index contributed by atoms with van der Waals surface area (Å²) in [5, 5.41) is 31.5. The number of carbonyl (C=O) groups is 2. The van der Waals surface area contributed by atoms with Crippen molar-refractivity contribution in [2.24, 2.45) is 0 Å². The number of aromatic hydroxyl groups is 2. The fraction of sp³-hybridized carbons (Fsp3) is 0.0833. The van der Waals surface area contributed by atoms with Crippen LogP contribution in [0.3, 0.4) is 0 Å². The second kappa shape index (κ2) is 4.92. The van der Waals surface area contributed by atoms with E-state index in [0.717, 1.165) is 25.3 Å². The van der Waals surface area contributed by atoms with Crippen molar-refractivity contribution in [3.63, 3.8) is 0 Å². The van der Waals surface area contributed by atoms with E-state index in [1.807, 2.05) is 0 Å². The molecule has 8 heteroatoms. The second-order valence-electron chi connectivity index (χ2n) is 3.76. The average molecular weight is 279 g/mol. The predicted octanol–water partition coefficient (Wildman–Crippen LogP) is 1.24. The van der Waals surface area contributed by atoms with Crippen LogP contribution in [-0.2, 0) is 4.74 Å². The summed E-state index contributed by atoms with van der Waals surface area (Å²) < 4.78 is 9.03. The fourth-order valence-corrected chi connectivity index (χ4v) is 1.56. The number of carboxylic acids is 1. The third-order valence-electron chi connectivity index (χ3n) is 2.52. The van der Waals surface area contributed by atoms with Crippen LogP contribution in [0.1, 0.15) is 20.9 Å². The van der Waals surface area contributed by atoms with Crippen molar-refractivity contribution in [3.05, 3.63) is 29.5 Å². The normalized spacial score (nSPS) is 10.2. The van der Waals surface area contributed by atoms with Gasteiger partial charge in [0.1, 0.15) is 22.8 Å². The third-order valence-corrected chi connectivity index (χ3v) is 2.52. The van der Waals surface area contributed by atoms with Crippen LogP contribution in [0, 0.1) is 0 Å². The summed E-state index contributed by atoms with van der Waals surface area (Å²) in [5.41, 5.74) is -0.162. The maximum atomic E-state index is 11.4. The van der Waals surface area contributed by atoms with E-state index in [1.54, 1.807) is 0 Å². The highest BCUT2D eigenvalue weighted by atomic mass is 16.5. The Morgan fingerprint density at radius 1 is 1.20 bits per heavy atom. The van der Waals surface area contributed by atoms with Gasteiger partial charge in [-0.3, -0.25) is 0 Å². The number of phenolic OH excluding ortho intramolecular Hbond substituents is 2. The van der Waals surface area contributed by atoms with Crippen LogP contribution in [0.2, 0.25) is 0 Å². The molecule has 1 aromatic carbocycles. The summed E-state index contributed by atoms with van der Waals surface area (Å²) in [6.45, 7) is 0. The SMILES string of the molecule is COC(=O)c1cc(-c2cc(C(=O)O)on2)c(O)cc1O. The molecule has 0 amide bonds. The van der Waals surface area contributed by atoms with Crippen molar-refractivity contribution >= 4 is 11.9 Å². The minimum Gasteiger partial charge on any atom is -0.507 e. The molecule has 0 aliphatic carbocycles. The second-order valence-corrected chi connectivity index (χ2v) is 3.76. The smallest absolute Gasteiger partial charge is 0.374 e. The number of nitrogens with zero attached hydrogens (tertiary/aromatic N) is 1. The number of aromatic carboxylic acids is 1. The van der Waals surface area contributed by atoms with Crippen molar-refractivity contribution in [1.82, 2.24) is 5.16 Å². The predicted molar refractivity (Wildman–Crippen MR) is 63.6 cm³/mol. The molecule has 3 N–H and O–H groups in total. The number of methoxy groups -OCH3 is 1. The molecule has 0 saturated heterocycles. The van der Waals surface area contributed by atoms with Gasteiger partial charge in [0, 0.05) is 17.7 Å². The quantitative estimate of drug-likeness (QED) is 0.715. The molecule has 8 nitrogen and oxygen atoms in total. The summed E-state index contributed by atoms with van der Waals surface area (Å²) >= 11 is 0. The lowest BCUT2D eigenvalue weighted by Crippen LogP contribution is -2.02. The Morgan fingerprint density at radius 3 is 2.45 bits per heavy atom. The number of phenols is 2. The Kier molecular flexibility index (Phi) is 3.30. The summed E-state index contributed by atoms with van der Waals surface area (Å²) in [4.78, 5) is 22.1. The molecular weight excluding hydrogens is 270 g/mol. The van der Waals surface area contributed by atoms with Gasteiger partial charge in [-0.05, 0) is 6.07 Å². The topological polar surface area (TPSA) is 130 Å². The molecular formula is C12H9NO7. The largest absolute Gasteiger partial charge is 0.507 e. The van der Waals surface area contributed by atoms with Gasteiger partial charge in [-0.2, -0.15) is 0 Å². The van der Waals surface area contributed by atoms with Crippen LogP contribution in [0.4, 0.5) is 0 Å². The molecule has 0 unspecified atom stereocenters. The number of aromatic nitrogens is 1. The Labute approximate surface area is 111 Å². The van der Waals surface area contributed by atoms with Gasteiger partial charge in [0.25, 0.3) is 0 Å². The Bertz CT molecular complexity index is 689. The van der Waals surface area contributed by atoms with E-state index >= 15 is 0 Å². The number of hydrogen-bond donors (Lipinski definition) is 3. The highest BCUT2D eigenvalue weighted by Crippen LogP contribution is 2.34. The number of esters is 1.